The highest BCUT2D eigenvalue weighted by atomic mass is 32.2. The first-order valence-corrected chi connectivity index (χ1v) is 7.56. The van der Waals surface area contributed by atoms with Gasteiger partial charge in [0.05, 0.1) is 11.3 Å². The molecule has 1 aromatic heterocycles. The van der Waals surface area contributed by atoms with Crippen molar-refractivity contribution in [1.29, 1.82) is 0 Å². The molecule has 0 saturated carbocycles. The van der Waals surface area contributed by atoms with E-state index < -0.39 is 0 Å². The number of thioether (sulfide) groups is 1. The lowest BCUT2D eigenvalue weighted by molar-refractivity contribution is 0.318. The average molecular weight is 303 g/mol. The van der Waals surface area contributed by atoms with Crippen molar-refractivity contribution < 1.29 is 9.94 Å². The van der Waals surface area contributed by atoms with E-state index in [0.717, 1.165) is 16.3 Å². The summed E-state index contributed by atoms with van der Waals surface area (Å²) in [5, 5.41) is 12.0. The fourth-order valence-corrected chi connectivity index (χ4v) is 2.58. The van der Waals surface area contributed by atoms with Gasteiger partial charge in [0.2, 0.25) is 0 Å². The minimum atomic E-state index is -0.0170. The second-order valence-electron chi connectivity index (χ2n) is 4.46. The van der Waals surface area contributed by atoms with Crippen LogP contribution in [0.5, 0.6) is 11.5 Å². The van der Waals surface area contributed by atoms with E-state index in [1.54, 1.807) is 24.8 Å². The molecule has 1 heterocycles. The largest absolute Gasteiger partial charge is 0.455 e. The molecule has 6 heteroatoms. The monoisotopic (exact) mass is 303 g/mol. The Kier molecular flexibility index (Phi) is 4.70. The number of pyridine rings is 1. The van der Waals surface area contributed by atoms with E-state index in [1.165, 1.54) is 0 Å². The Hall–Kier alpha value is -2.21. The molecule has 0 spiro atoms. The van der Waals surface area contributed by atoms with Crippen LogP contribution >= 0.6 is 11.8 Å². The molecule has 0 amide bonds. The van der Waals surface area contributed by atoms with Gasteiger partial charge in [-0.05, 0) is 32.2 Å². The third kappa shape index (κ3) is 3.28. The Balaban J connectivity index is 2.53. The number of ether oxygens (including phenoxy) is 1. The second-order valence-corrected chi connectivity index (χ2v) is 5.31. The fourth-order valence-electron chi connectivity index (χ4n) is 2.06. The van der Waals surface area contributed by atoms with Gasteiger partial charge in [0, 0.05) is 16.7 Å². The summed E-state index contributed by atoms with van der Waals surface area (Å²) >= 11 is 1.59. The average Bonchev–Trinajstić information content (AvgIpc) is 2.46. The third-order valence-corrected chi connectivity index (χ3v) is 3.72. The number of hydrogen-bond donors (Lipinski definition) is 2. The van der Waals surface area contributed by atoms with Crippen molar-refractivity contribution in [1.82, 2.24) is 4.98 Å². The molecule has 0 aliphatic carbocycles. The molecule has 0 aliphatic rings. The first-order chi connectivity index (χ1) is 10.1. The van der Waals surface area contributed by atoms with Gasteiger partial charge in [-0.25, -0.2) is 0 Å². The highest BCUT2D eigenvalue weighted by molar-refractivity contribution is 7.98. The lowest BCUT2D eigenvalue weighted by Gasteiger charge is -2.15. The molecule has 0 radical (unpaired) electrons. The molecule has 2 rings (SSSR count). The van der Waals surface area contributed by atoms with E-state index in [1.807, 2.05) is 37.4 Å². The molecule has 110 valence electrons. The summed E-state index contributed by atoms with van der Waals surface area (Å²) in [5.41, 5.74) is 7.70. The summed E-state index contributed by atoms with van der Waals surface area (Å²) in [6.45, 7) is 3.67. The Bertz CT molecular complexity index is 687. The van der Waals surface area contributed by atoms with E-state index in [4.69, 9.17) is 15.7 Å². The number of aryl methyl sites for hydroxylation is 2. The quantitative estimate of drug-likeness (QED) is 0.298. The van der Waals surface area contributed by atoms with Crippen molar-refractivity contribution in [2.75, 3.05) is 6.26 Å². The number of para-hydroxylation sites is 1. The molecular formula is C15H17N3O2S. The van der Waals surface area contributed by atoms with Gasteiger partial charge in [-0.2, -0.15) is 0 Å². The van der Waals surface area contributed by atoms with Crippen LogP contribution in [0.1, 0.15) is 17.0 Å². The van der Waals surface area contributed by atoms with Gasteiger partial charge in [0.25, 0.3) is 0 Å². The summed E-state index contributed by atoms with van der Waals surface area (Å²) < 4.78 is 5.98. The van der Waals surface area contributed by atoms with Crippen LogP contribution in [0.2, 0.25) is 0 Å². The van der Waals surface area contributed by atoms with Crippen LogP contribution < -0.4 is 10.5 Å². The molecule has 0 fully saturated rings. The smallest absolute Gasteiger partial charge is 0.175 e. The molecule has 0 aliphatic heterocycles. The third-order valence-electron chi connectivity index (χ3n) is 2.95. The number of benzene rings is 1. The molecule has 5 nitrogen and oxygen atoms in total. The van der Waals surface area contributed by atoms with Crippen LogP contribution in [0.4, 0.5) is 0 Å². The van der Waals surface area contributed by atoms with Crippen LogP contribution in [-0.4, -0.2) is 22.3 Å². The van der Waals surface area contributed by atoms with Gasteiger partial charge in [0.15, 0.2) is 5.84 Å². The number of hydrogen-bond acceptors (Lipinski definition) is 5. The van der Waals surface area contributed by atoms with E-state index >= 15 is 0 Å². The van der Waals surface area contributed by atoms with Gasteiger partial charge in [0.1, 0.15) is 11.5 Å². The molecular weight excluding hydrogens is 286 g/mol. The van der Waals surface area contributed by atoms with Crippen molar-refractivity contribution in [2.45, 2.75) is 18.7 Å². The Morgan fingerprint density at radius 1 is 1.29 bits per heavy atom. The van der Waals surface area contributed by atoms with Crippen LogP contribution in [0, 0.1) is 13.8 Å². The summed E-state index contributed by atoms with van der Waals surface area (Å²) in [6, 6.07) is 9.49. The van der Waals surface area contributed by atoms with Gasteiger partial charge >= 0.3 is 0 Å². The second kappa shape index (κ2) is 6.49. The lowest BCUT2D eigenvalue weighted by atomic mass is 10.1. The SMILES string of the molecule is CSc1ccccc1Oc1cc(C)nc(C)c1/C(N)=N/O. The number of amidine groups is 1. The number of nitrogens with zero attached hydrogens (tertiary/aromatic N) is 2. The van der Waals surface area contributed by atoms with Gasteiger partial charge < -0.3 is 15.7 Å². The molecule has 0 saturated heterocycles. The number of rotatable bonds is 4. The zero-order valence-electron chi connectivity index (χ0n) is 12.1. The minimum Gasteiger partial charge on any atom is -0.455 e. The summed E-state index contributed by atoms with van der Waals surface area (Å²) in [6.07, 6.45) is 1.98. The molecule has 1 aromatic carbocycles. The normalized spacial score (nSPS) is 11.5. The fraction of sp³-hybridized carbons (Fsp3) is 0.200. The van der Waals surface area contributed by atoms with Crippen LogP contribution in [0.15, 0.2) is 40.4 Å². The minimum absolute atomic E-state index is 0.0170. The van der Waals surface area contributed by atoms with E-state index in [9.17, 15) is 0 Å². The first-order valence-electron chi connectivity index (χ1n) is 6.33. The highest BCUT2D eigenvalue weighted by Gasteiger charge is 2.16. The summed E-state index contributed by atoms with van der Waals surface area (Å²) in [4.78, 5) is 5.34. The number of aromatic nitrogens is 1. The predicted octanol–water partition coefficient (Wildman–Crippen LogP) is 3.31. The van der Waals surface area contributed by atoms with Gasteiger partial charge in [-0.15, -0.1) is 11.8 Å². The van der Waals surface area contributed by atoms with Crippen molar-refractivity contribution >= 4 is 17.6 Å². The van der Waals surface area contributed by atoms with Crippen molar-refractivity contribution in [3.05, 3.63) is 47.3 Å². The predicted molar refractivity (Wildman–Crippen MR) is 84.5 cm³/mol. The molecule has 0 bridgehead atoms. The zero-order chi connectivity index (χ0) is 15.4. The Morgan fingerprint density at radius 2 is 2.00 bits per heavy atom. The van der Waals surface area contributed by atoms with E-state index in [2.05, 4.69) is 10.1 Å². The van der Waals surface area contributed by atoms with Crippen molar-refractivity contribution in [3.8, 4) is 11.5 Å². The first kappa shape index (κ1) is 15.2. The maximum absolute atomic E-state index is 8.95. The maximum atomic E-state index is 8.95. The van der Waals surface area contributed by atoms with Crippen LogP contribution in [0.25, 0.3) is 0 Å². The Morgan fingerprint density at radius 3 is 2.67 bits per heavy atom. The Labute approximate surface area is 127 Å². The molecule has 2 aromatic rings. The van der Waals surface area contributed by atoms with Crippen molar-refractivity contribution in [2.24, 2.45) is 10.9 Å². The lowest BCUT2D eigenvalue weighted by Crippen LogP contribution is -2.17. The van der Waals surface area contributed by atoms with Crippen molar-refractivity contribution in [3.63, 3.8) is 0 Å². The standard InChI is InChI=1S/C15H17N3O2S/c1-9-8-12(14(10(2)17-9)15(16)18-19)20-11-6-4-5-7-13(11)21-3/h4-8,19H,1-3H3,(H2,16,18). The van der Waals surface area contributed by atoms with E-state index in [0.29, 0.717) is 17.0 Å². The number of oxime groups is 1. The summed E-state index contributed by atoms with van der Waals surface area (Å²) in [5.74, 6) is 1.23. The molecule has 0 unspecified atom stereocenters. The van der Waals surface area contributed by atoms with Gasteiger partial charge in [-0.3, -0.25) is 4.98 Å². The van der Waals surface area contributed by atoms with Crippen LogP contribution in [-0.2, 0) is 0 Å². The summed E-state index contributed by atoms with van der Waals surface area (Å²) in [7, 11) is 0. The topological polar surface area (TPSA) is 80.7 Å². The highest BCUT2D eigenvalue weighted by Crippen LogP contribution is 2.33. The molecule has 3 N–H and O–H groups in total. The van der Waals surface area contributed by atoms with Crippen LogP contribution in [0.3, 0.4) is 0 Å². The zero-order valence-corrected chi connectivity index (χ0v) is 12.9. The van der Waals surface area contributed by atoms with Gasteiger partial charge in [-0.1, -0.05) is 17.3 Å². The maximum Gasteiger partial charge on any atom is 0.175 e. The molecule has 0 atom stereocenters. The molecule has 21 heavy (non-hydrogen) atoms. The number of nitrogens with two attached hydrogens (primary N) is 1. The van der Waals surface area contributed by atoms with E-state index in [-0.39, 0.29) is 5.84 Å².